The van der Waals surface area contributed by atoms with Gasteiger partial charge in [0.2, 0.25) is 11.8 Å². The lowest BCUT2D eigenvalue weighted by atomic mass is 10.2. The standard InChI is InChI=1S/C21H26N2O5/c1-15(24)23(14-16-7-5-6-8-18(16)26-2)12-11-21(25)22-17-9-10-19(27-3)20(13-17)28-4/h5-10,13H,11-12,14H2,1-4H3,(H,22,25). The minimum atomic E-state index is -0.196. The Morgan fingerprint density at radius 1 is 0.929 bits per heavy atom. The molecule has 0 aromatic heterocycles. The molecule has 1 N–H and O–H groups in total. The number of hydrogen-bond donors (Lipinski definition) is 1. The molecule has 0 unspecified atom stereocenters. The van der Waals surface area contributed by atoms with Crippen molar-refractivity contribution in [2.45, 2.75) is 19.9 Å². The van der Waals surface area contributed by atoms with Crippen molar-refractivity contribution in [1.29, 1.82) is 0 Å². The molecule has 0 bridgehead atoms. The van der Waals surface area contributed by atoms with Crippen LogP contribution in [0.5, 0.6) is 17.2 Å². The summed E-state index contributed by atoms with van der Waals surface area (Å²) >= 11 is 0. The molecule has 0 fully saturated rings. The zero-order valence-corrected chi connectivity index (χ0v) is 16.7. The third kappa shape index (κ3) is 5.64. The maximum atomic E-state index is 12.3. The van der Waals surface area contributed by atoms with Crippen molar-refractivity contribution in [3.8, 4) is 17.2 Å². The molecule has 7 nitrogen and oxygen atoms in total. The smallest absolute Gasteiger partial charge is 0.226 e. The van der Waals surface area contributed by atoms with Gasteiger partial charge in [-0.15, -0.1) is 0 Å². The first-order valence-electron chi connectivity index (χ1n) is 8.87. The lowest BCUT2D eigenvalue weighted by Gasteiger charge is -2.22. The average molecular weight is 386 g/mol. The quantitative estimate of drug-likeness (QED) is 0.717. The summed E-state index contributed by atoms with van der Waals surface area (Å²) in [7, 11) is 4.67. The fourth-order valence-electron chi connectivity index (χ4n) is 2.76. The molecule has 0 aliphatic carbocycles. The minimum Gasteiger partial charge on any atom is -0.496 e. The molecule has 0 atom stereocenters. The maximum absolute atomic E-state index is 12.3. The minimum absolute atomic E-state index is 0.107. The number of nitrogens with zero attached hydrogens (tertiary/aromatic N) is 1. The second kappa shape index (κ2) is 10.2. The normalized spacial score (nSPS) is 10.1. The maximum Gasteiger partial charge on any atom is 0.226 e. The van der Waals surface area contributed by atoms with Gasteiger partial charge in [-0.1, -0.05) is 18.2 Å². The number of nitrogens with one attached hydrogen (secondary N) is 1. The van der Waals surface area contributed by atoms with Gasteiger partial charge in [0.05, 0.1) is 21.3 Å². The van der Waals surface area contributed by atoms with Crippen molar-refractivity contribution < 1.29 is 23.8 Å². The number of benzene rings is 2. The van der Waals surface area contributed by atoms with Gasteiger partial charge in [-0.3, -0.25) is 9.59 Å². The van der Waals surface area contributed by atoms with Gasteiger partial charge in [-0.05, 0) is 18.2 Å². The van der Waals surface area contributed by atoms with E-state index in [-0.39, 0.29) is 18.2 Å². The zero-order chi connectivity index (χ0) is 20.5. The molecule has 2 amide bonds. The number of hydrogen-bond acceptors (Lipinski definition) is 5. The van der Waals surface area contributed by atoms with Crippen LogP contribution in [0.2, 0.25) is 0 Å². The van der Waals surface area contributed by atoms with E-state index in [0.717, 1.165) is 5.56 Å². The summed E-state index contributed by atoms with van der Waals surface area (Å²) < 4.78 is 15.8. The highest BCUT2D eigenvalue weighted by molar-refractivity contribution is 5.91. The van der Waals surface area contributed by atoms with Gasteiger partial charge >= 0.3 is 0 Å². The van der Waals surface area contributed by atoms with Gasteiger partial charge in [0.25, 0.3) is 0 Å². The Labute approximate surface area is 165 Å². The molecule has 150 valence electrons. The first-order valence-corrected chi connectivity index (χ1v) is 8.87. The molecule has 0 heterocycles. The molecule has 28 heavy (non-hydrogen) atoms. The Hall–Kier alpha value is -3.22. The Morgan fingerprint density at radius 2 is 1.61 bits per heavy atom. The number of rotatable bonds is 9. The van der Waals surface area contributed by atoms with E-state index in [9.17, 15) is 9.59 Å². The highest BCUT2D eigenvalue weighted by Gasteiger charge is 2.15. The SMILES string of the molecule is COc1ccccc1CN(CCC(=O)Nc1ccc(OC)c(OC)c1)C(C)=O. The first kappa shape index (κ1) is 21.1. The molecule has 2 aromatic rings. The van der Waals surface area contributed by atoms with Crippen LogP contribution in [0.15, 0.2) is 42.5 Å². The van der Waals surface area contributed by atoms with Crippen molar-refractivity contribution in [3.63, 3.8) is 0 Å². The van der Waals surface area contributed by atoms with Crippen LogP contribution in [-0.4, -0.2) is 44.6 Å². The average Bonchev–Trinajstić information content (AvgIpc) is 2.70. The van der Waals surface area contributed by atoms with Gasteiger partial charge < -0.3 is 24.4 Å². The van der Waals surface area contributed by atoms with Crippen LogP contribution in [0.4, 0.5) is 5.69 Å². The Morgan fingerprint density at radius 3 is 2.25 bits per heavy atom. The van der Waals surface area contributed by atoms with Crippen molar-refractivity contribution >= 4 is 17.5 Å². The topological polar surface area (TPSA) is 77.1 Å². The van der Waals surface area contributed by atoms with Crippen molar-refractivity contribution in [1.82, 2.24) is 4.90 Å². The third-order valence-electron chi connectivity index (χ3n) is 4.28. The number of carbonyl (C=O) groups is 2. The van der Waals surface area contributed by atoms with Crippen molar-refractivity contribution in [2.24, 2.45) is 0 Å². The first-order chi connectivity index (χ1) is 13.5. The Bertz CT molecular complexity index is 822. The largest absolute Gasteiger partial charge is 0.496 e. The number of anilines is 1. The third-order valence-corrected chi connectivity index (χ3v) is 4.28. The zero-order valence-electron chi connectivity index (χ0n) is 16.7. The molecule has 2 rings (SSSR count). The van der Waals surface area contributed by atoms with E-state index in [0.29, 0.717) is 36.0 Å². The van der Waals surface area contributed by atoms with E-state index < -0.39 is 0 Å². The fourth-order valence-corrected chi connectivity index (χ4v) is 2.76. The van der Waals surface area contributed by atoms with Crippen LogP contribution < -0.4 is 19.5 Å². The Balaban J connectivity index is 1.98. The van der Waals surface area contributed by atoms with Gasteiger partial charge in [0, 0.05) is 43.8 Å². The van der Waals surface area contributed by atoms with E-state index in [4.69, 9.17) is 14.2 Å². The predicted molar refractivity (Wildman–Crippen MR) is 107 cm³/mol. The van der Waals surface area contributed by atoms with Crippen LogP contribution >= 0.6 is 0 Å². The van der Waals surface area contributed by atoms with E-state index in [1.54, 1.807) is 37.3 Å². The molecular weight excluding hydrogens is 360 g/mol. The monoisotopic (exact) mass is 386 g/mol. The van der Waals surface area contributed by atoms with Crippen LogP contribution in [0.25, 0.3) is 0 Å². The summed E-state index contributed by atoms with van der Waals surface area (Å²) in [5, 5.41) is 2.81. The summed E-state index contributed by atoms with van der Waals surface area (Å²) in [6.07, 6.45) is 0.170. The van der Waals surface area contributed by atoms with Gasteiger partial charge in [-0.25, -0.2) is 0 Å². The van der Waals surface area contributed by atoms with Crippen LogP contribution in [0.1, 0.15) is 18.9 Å². The summed E-state index contributed by atoms with van der Waals surface area (Å²) in [5.41, 5.74) is 1.49. The summed E-state index contributed by atoms with van der Waals surface area (Å²) in [5.74, 6) is 1.52. The predicted octanol–water partition coefficient (Wildman–Crippen LogP) is 3.09. The number of para-hydroxylation sites is 1. The van der Waals surface area contributed by atoms with E-state index in [2.05, 4.69) is 5.32 Å². The summed E-state index contributed by atoms with van der Waals surface area (Å²) in [6, 6.07) is 12.6. The van der Waals surface area contributed by atoms with Crippen molar-refractivity contribution in [2.75, 3.05) is 33.2 Å². The second-order valence-electron chi connectivity index (χ2n) is 6.12. The molecule has 0 saturated heterocycles. The van der Waals surface area contributed by atoms with Gasteiger partial charge in [0.1, 0.15) is 5.75 Å². The van der Waals surface area contributed by atoms with Crippen LogP contribution in [0, 0.1) is 0 Å². The highest BCUT2D eigenvalue weighted by Crippen LogP contribution is 2.29. The number of methoxy groups -OCH3 is 3. The molecule has 7 heteroatoms. The van der Waals surface area contributed by atoms with E-state index >= 15 is 0 Å². The Kier molecular flexibility index (Phi) is 7.68. The lowest BCUT2D eigenvalue weighted by Crippen LogP contribution is -2.31. The summed E-state index contributed by atoms with van der Waals surface area (Å²) in [6.45, 7) is 2.16. The molecule has 0 aliphatic rings. The molecule has 0 radical (unpaired) electrons. The van der Waals surface area contributed by atoms with Crippen LogP contribution in [-0.2, 0) is 16.1 Å². The fraction of sp³-hybridized carbons (Fsp3) is 0.333. The molecule has 0 spiro atoms. The van der Waals surface area contributed by atoms with Crippen LogP contribution in [0.3, 0.4) is 0 Å². The number of amides is 2. The highest BCUT2D eigenvalue weighted by atomic mass is 16.5. The number of ether oxygens (including phenoxy) is 3. The van der Waals surface area contributed by atoms with Gasteiger partial charge in [0.15, 0.2) is 11.5 Å². The van der Waals surface area contributed by atoms with E-state index in [1.165, 1.54) is 14.0 Å². The lowest BCUT2D eigenvalue weighted by molar-refractivity contribution is -0.129. The molecule has 2 aromatic carbocycles. The molecule has 0 saturated carbocycles. The second-order valence-corrected chi connectivity index (χ2v) is 6.12. The summed E-state index contributed by atoms with van der Waals surface area (Å²) in [4.78, 5) is 25.9. The molecule has 0 aliphatic heterocycles. The van der Waals surface area contributed by atoms with Crippen molar-refractivity contribution in [3.05, 3.63) is 48.0 Å². The van der Waals surface area contributed by atoms with Gasteiger partial charge in [-0.2, -0.15) is 0 Å². The van der Waals surface area contributed by atoms with E-state index in [1.807, 2.05) is 24.3 Å². The number of carbonyl (C=O) groups excluding carboxylic acids is 2. The molecular formula is C21H26N2O5.